The number of halogens is 3. The lowest BCUT2D eigenvalue weighted by Crippen LogP contribution is -2.18. The van der Waals surface area contributed by atoms with Crippen molar-refractivity contribution in [1.82, 2.24) is 9.97 Å². The summed E-state index contributed by atoms with van der Waals surface area (Å²) < 4.78 is 41.0. The summed E-state index contributed by atoms with van der Waals surface area (Å²) in [6.45, 7) is -0.294. The number of methoxy groups -OCH3 is 1. The highest BCUT2D eigenvalue weighted by atomic mass is 19.4. The van der Waals surface area contributed by atoms with Crippen molar-refractivity contribution < 1.29 is 22.7 Å². The van der Waals surface area contributed by atoms with Crippen LogP contribution in [0.2, 0.25) is 0 Å². The fourth-order valence-corrected chi connectivity index (χ4v) is 0.825. The molecule has 0 fully saturated rings. The molecule has 0 amide bonds. The third-order valence-electron chi connectivity index (χ3n) is 1.56. The summed E-state index contributed by atoms with van der Waals surface area (Å²) in [4.78, 5) is 17.4. The van der Waals surface area contributed by atoms with E-state index < -0.39 is 17.8 Å². The number of ether oxygens (including phenoxy) is 1. The van der Waals surface area contributed by atoms with Crippen LogP contribution in [0.3, 0.4) is 0 Å². The second kappa shape index (κ2) is 4.77. The molecule has 1 aromatic rings. The minimum absolute atomic E-state index is 0.278. The second-order valence-corrected chi connectivity index (χ2v) is 2.69. The Labute approximate surface area is 88.7 Å². The molecule has 1 heterocycles. The van der Waals surface area contributed by atoms with Crippen molar-refractivity contribution >= 4 is 11.9 Å². The number of hydrogen-bond donors (Lipinski definition) is 1. The molecule has 0 atom stereocenters. The van der Waals surface area contributed by atoms with Gasteiger partial charge >= 0.3 is 12.1 Å². The number of hydrogen-bond acceptors (Lipinski definition) is 5. The van der Waals surface area contributed by atoms with Crippen LogP contribution >= 0.6 is 0 Å². The molecule has 0 unspecified atom stereocenters. The van der Waals surface area contributed by atoms with E-state index in [4.69, 9.17) is 0 Å². The summed E-state index contributed by atoms with van der Waals surface area (Å²) >= 11 is 0. The Hall–Kier alpha value is -1.86. The van der Waals surface area contributed by atoms with E-state index in [1.807, 2.05) is 0 Å². The van der Waals surface area contributed by atoms with Crippen LogP contribution in [0.15, 0.2) is 12.3 Å². The third kappa shape index (κ3) is 3.37. The summed E-state index contributed by atoms with van der Waals surface area (Å²) in [5.41, 5.74) is -1.07. The van der Waals surface area contributed by atoms with Gasteiger partial charge in [-0.05, 0) is 6.07 Å². The molecule has 0 saturated carbocycles. The summed E-state index contributed by atoms with van der Waals surface area (Å²) in [6, 6.07) is 0.739. The van der Waals surface area contributed by atoms with Crippen LogP contribution in [0.4, 0.5) is 19.1 Å². The van der Waals surface area contributed by atoms with Crippen LogP contribution in [0.1, 0.15) is 5.69 Å². The molecule has 0 aliphatic rings. The van der Waals surface area contributed by atoms with Crippen molar-refractivity contribution in [2.75, 3.05) is 19.0 Å². The zero-order valence-electron chi connectivity index (χ0n) is 8.21. The maximum absolute atomic E-state index is 12.2. The molecule has 0 spiro atoms. The standard InChI is InChI=1S/C8H8F3N3O2/c1-16-6(15)4-13-7-12-3-2-5(14-7)8(9,10)11/h2-3H,4H2,1H3,(H,12,13,14). The van der Waals surface area contributed by atoms with Gasteiger partial charge in [0.15, 0.2) is 0 Å². The molecular weight excluding hydrogens is 227 g/mol. The molecule has 0 aliphatic heterocycles. The van der Waals surface area contributed by atoms with Gasteiger partial charge in [-0.15, -0.1) is 0 Å². The van der Waals surface area contributed by atoms with E-state index in [2.05, 4.69) is 20.0 Å². The Morgan fingerprint density at radius 2 is 2.25 bits per heavy atom. The highest BCUT2D eigenvalue weighted by Crippen LogP contribution is 2.27. The number of alkyl halides is 3. The summed E-state index contributed by atoms with van der Waals surface area (Å²) in [6.07, 6.45) is -3.58. The van der Waals surface area contributed by atoms with Gasteiger partial charge in [0.05, 0.1) is 7.11 Å². The average molecular weight is 235 g/mol. The molecule has 16 heavy (non-hydrogen) atoms. The zero-order chi connectivity index (χ0) is 12.2. The van der Waals surface area contributed by atoms with Gasteiger partial charge in [-0.3, -0.25) is 4.79 Å². The predicted molar refractivity (Wildman–Crippen MR) is 47.5 cm³/mol. The third-order valence-corrected chi connectivity index (χ3v) is 1.56. The lowest BCUT2D eigenvalue weighted by molar-refractivity contribution is -0.141. The van der Waals surface area contributed by atoms with Gasteiger partial charge in [0.25, 0.3) is 0 Å². The van der Waals surface area contributed by atoms with E-state index in [-0.39, 0.29) is 12.5 Å². The number of nitrogens with one attached hydrogen (secondary N) is 1. The second-order valence-electron chi connectivity index (χ2n) is 2.69. The Bertz CT molecular complexity index is 381. The minimum Gasteiger partial charge on any atom is -0.468 e. The first-order chi connectivity index (χ1) is 7.43. The molecular formula is C8H8F3N3O2. The van der Waals surface area contributed by atoms with Crippen LogP contribution in [0, 0.1) is 0 Å². The van der Waals surface area contributed by atoms with Gasteiger partial charge in [-0.2, -0.15) is 13.2 Å². The summed E-state index contributed by atoms with van der Waals surface area (Å²) in [5.74, 6) is -0.902. The Balaban J connectivity index is 2.72. The number of rotatable bonds is 3. The number of nitrogens with zero attached hydrogens (tertiary/aromatic N) is 2. The predicted octanol–water partition coefficient (Wildman–Crippen LogP) is 1.08. The van der Waals surface area contributed by atoms with E-state index in [0.717, 1.165) is 19.4 Å². The largest absolute Gasteiger partial charge is 0.468 e. The Morgan fingerprint density at radius 3 is 2.81 bits per heavy atom. The highest BCUT2D eigenvalue weighted by Gasteiger charge is 2.32. The zero-order valence-corrected chi connectivity index (χ0v) is 8.21. The number of carbonyl (C=O) groups excluding carboxylic acids is 1. The Morgan fingerprint density at radius 1 is 1.56 bits per heavy atom. The summed E-state index contributed by atoms with van der Waals surface area (Å²) in [7, 11) is 1.16. The van der Waals surface area contributed by atoms with E-state index in [1.165, 1.54) is 0 Å². The minimum atomic E-state index is -4.54. The lowest BCUT2D eigenvalue weighted by atomic mass is 10.4. The lowest BCUT2D eigenvalue weighted by Gasteiger charge is -2.07. The molecule has 1 aromatic heterocycles. The topological polar surface area (TPSA) is 64.1 Å². The van der Waals surface area contributed by atoms with E-state index in [1.54, 1.807) is 0 Å². The molecule has 0 aliphatic carbocycles. The molecule has 1 rings (SSSR count). The first-order valence-corrected chi connectivity index (χ1v) is 4.14. The number of carbonyl (C=O) groups is 1. The molecule has 1 N–H and O–H groups in total. The van der Waals surface area contributed by atoms with Gasteiger partial charge in [-0.25, -0.2) is 9.97 Å². The molecule has 0 saturated heterocycles. The van der Waals surface area contributed by atoms with Gasteiger partial charge in [-0.1, -0.05) is 0 Å². The van der Waals surface area contributed by atoms with E-state index in [9.17, 15) is 18.0 Å². The fraction of sp³-hybridized carbons (Fsp3) is 0.375. The van der Waals surface area contributed by atoms with Gasteiger partial charge < -0.3 is 10.1 Å². The highest BCUT2D eigenvalue weighted by molar-refractivity contribution is 5.73. The van der Waals surface area contributed by atoms with Gasteiger partial charge in [0, 0.05) is 6.20 Å². The quantitative estimate of drug-likeness (QED) is 0.794. The molecule has 5 nitrogen and oxygen atoms in total. The van der Waals surface area contributed by atoms with Crippen molar-refractivity contribution in [2.24, 2.45) is 0 Å². The SMILES string of the molecule is COC(=O)CNc1nccc(C(F)(F)F)n1. The number of anilines is 1. The number of aromatic nitrogens is 2. The van der Waals surface area contributed by atoms with Crippen molar-refractivity contribution in [3.8, 4) is 0 Å². The Kier molecular flexibility index (Phi) is 3.64. The maximum atomic E-state index is 12.2. The van der Waals surface area contributed by atoms with Gasteiger partial charge in [0.2, 0.25) is 5.95 Å². The monoisotopic (exact) mass is 235 g/mol. The first-order valence-electron chi connectivity index (χ1n) is 4.14. The first kappa shape index (κ1) is 12.2. The van der Waals surface area contributed by atoms with E-state index in [0.29, 0.717) is 0 Å². The van der Waals surface area contributed by atoms with Crippen LogP contribution in [-0.2, 0) is 15.7 Å². The van der Waals surface area contributed by atoms with Crippen LogP contribution in [-0.4, -0.2) is 29.6 Å². The molecule has 0 aromatic carbocycles. The normalized spacial score (nSPS) is 11.0. The molecule has 0 bridgehead atoms. The molecule has 0 radical (unpaired) electrons. The van der Waals surface area contributed by atoms with Gasteiger partial charge in [0.1, 0.15) is 12.2 Å². The summed E-state index contributed by atoms with van der Waals surface area (Å²) in [5, 5.41) is 2.31. The fourth-order valence-electron chi connectivity index (χ4n) is 0.825. The average Bonchev–Trinajstić information content (AvgIpc) is 2.25. The molecule has 8 heteroatoms. The van der Waals surface area contributed by atoms with Crippen LogP contribution in [0.5, 0.6) is 0 Å². The van der Waals surface area contributed by atoms with Crippen molar-refractivity contribution in [1.29, 1.82) is 0 Å². The van der Waals surface area contributed by atoms with Crippen LogP contribution < -0.4 is 5.32 Å². The van der Waals surface area contributed by atoms with Crippen molar-refractivity contribution in [2.45, 2.75) is 6.18 Å². The van der Waals surface area contributed by atoms with Crippen LogP contribution in [0.25, 0.3) is 0 Å². The van der Waals surface area contributed by atoms with Crippen molar-refractivity contribution in [3.63, 3.8) is 0 Å². The smallest absolute Gasteiger partial charge is 0.433 e. The maximum Gasteiger partial charge on any atom is 0.433 e. The van der Waals surface area contributed by atoms with Crippen molar-refractivity contribution in [3.05, 3.63) is 18.0 Å². The van der Waals surface area contributed by atoms with E-state index >= 15 is 0 Å². The number of esters is 1. The molecule has 88 valence electrons.